The van der Waals surface area contributed by atoms with E-state index in [-0.39, 0.29) is 25.7 Å². The molecule has 2 aromatic rings. The Bertz CT molecular complexity index is 887. The van der Waals surface area contributed by atoms with Gasteiger partial charge in [0.25, 0.3) is 0 Å². The van der Waals surface area contributed by atoms with Crippen LogP contribution in [-0.2, 0) is 25.7 Å². The summed E-state index contributed by atoms with van der Waals surface area (Å²) in [5.74, 6) is -1.000. The molecule has 1 saturated heterocycles. The fraction of sp³-hybridized carbons (Fsp3) is 0.250. The van der Waals surface area contributed by atoms with Crippen molar-refractivity contribution in [2.45, 2.75) is 26.0 Å². The van der Waals surface area contributed by atoms with E-state index in [0.717, 1.165) is 19.6 Å². The van der Waals surface area contributed by atoms with E-state index in [1.165, 1.54) is 0 Å². The monoisotopic (exact) mass is 494 g/mol. The number of hydrogen-bond acceptors (Lipinski definition) is 5. The second-order valence-electron chi connectivity index (χ2n) is 6.33. The Kier molecular flexibility index (Phi) is 6.50. The Labute approximate surface area is 176 Å². The molecular weight excluding hydrogens is 475 g/mol. The fourth-order valence-corrected chi connectivity index (χ4v) is 3.41. The number of benzene rings is 2. The summed E-state index contributed by atoms with van der Waals surface area (Å²) < 4.78 is 11.2. The number of cyclic esters (lactones) is 1. The van der Waals surface area contributed by atoms with Gasteiger partial charge in [-0.05, 0) is 58.8 Å². The zero-order chi connectivity index (χ0) is 20.1. The molecule has 2 amide bonds. The third kappa shape index (κ3) is 5.00. The maximum absolute atomic E-state index is 12.4. The Morgan fingerprint density at radius 1 is 1.25 bits per heavy atom. The van der Waals surface area contributed by atoms with E-state index in [1.807, 2.05) is 49.4 Å². The van der Waals surface area contributed by atoms with Crippen LogP contribution in [-0.4, -0.2) is 35.6 Å². The quantitative estimate of drug-likeness (QED) is 0.509. The molecule has 0 unspecified atom stereocenters. The van der Waals surface area contributed by atoms with Crippen LogP contribution >= 0.6 is 22.6 Å². The lowest BCUT2D eigenvalue weighted by molar-refractivity contribution is -0.140. The first-order chi connectivity index (χ1) is 13.4. The smallest absolute Gasteiger partial charge is 0.413 e. The van der Waals surface area contributed by atoms with Crippen molar-refractivity contribution >= 4 is 46.2 Å². The van der Waals surface area contributed by atoms with E-state index in [0.29, 0.717) is 5.69 Å². The van der Waals surface area contributed by atoms with Crippen molar-refractivity contribution in [3.05, 3.63) is 63.2 Å². The van der Waals surface area contributed by atoms with Gasteiger partial charge in [-0.1, -0.05) is 30.3 Å². The van der Waals surface area contributed by atoms with E-state index >= 15 is 0 Å². The molecule has 1 aliphatic rings. The van der Waals surface area contributed by atoms with Gasteiger partial charge < -0.3 is 14.8 Å². The summed E-state index contributed by atoms with van der Waals surface area (Å²) in [6.07, 6.45) is -0.900. The van der Waals surface area contributed by atoms with Crippen molar-refractivity contribution in [2.24, 2.45) is 0 Å². The lowest BCUT2D eigenvalue weighted by Gasteiger charge is -2.19. The molecule has 1 fully saturated rings. The summed E-state index contributed by atoms with van der Waals surface area (Å²) in [4.78, 5) is 37.9. The highest BCUT2D eigenvalue weighted by molar-refractivity contribution is 14.1. The van der Waals surface area contributed by atoms with Crippen LogP contribution in [0.3, 0.4) is 0 Å². The fourth-order valence-electron chi connectivity index (χ4n) is 2.77. The number of hydrogen-bond donors (Lipinski definition) is 1. The van der Waals surface area contributed by atoms with Gasteiger partial charge in [-0.2, -0.15) is 0 Å². The van der Waals surface area contributed by atoms with Crippen LogP contribution in [0.5, 0.6) is 0 Å². The highest BCUT2D eigenvalue weighted by Gasteiger charge is 2.40. The molecule has 0 aromatic heterocycles. The number of carbonyl (C=O) groups is 3. The lowest BCUT2D eigenvalue weighted by atomic mass is 10.1. The molecular formula is C20H19IN2O5. The van der Waals surface area contributed by atoms with E-state index in [1.54, 1.807) is 6.07 Å². The van der Waals surface area contributed by atoms with Crippen LogP contribution < -0.4 is 5.32 Å². The second kappa shape index (κ2) is 9.05. The van der Waals surface area contributed by atoms with Crippen LogP contribution in [0.1, 0.15) is 17.5 Å². The molecule has 1 aliphatic heterocycles. The van der Waals surface area contributed by atoms with Crippen LogP contribution in [0, 0.1) is 10.5 Å². The Balaban J connectivity index is 1.60. The minimum absolute atomic E-state index is 0.0745. The number of halogens is 1. The number of rotatable bonds is 5. The van der Waals surface area contributed by atoms with Gasteiger partial charge in [0, 0.05) is 9.26 Å². The first kappa shape index (κ1) is 20.1. The molecule has 7 nitrogen and oxygen atoms in total. The third-order valence-electron chi connectivity index (χ3n) is 4.28. The number of amides is 2. The van der Waals surface area contributed by atoms with Crippen LogP contribution in [0.15, 0.2) is 48.5 Å². The van der Waals surface area contributed by atoms with Gasteiger partial charge >= 0.3 is 12.1 Å². The highest BCUT2D eigenvalue weighted by atomic mass is 127. The van der Waals surface area contributed by atoms with Gasteiger partial charge in [0.05, 0.1) is 6.42 Å². The molecule has 2 aromatic carbocycles. The molecule has 0 saturated carbocycles. The molecule has 8 heteroatoms. The summed E-state index contributed by atoms with van der Waals surface area (Å²) in [6, 6.07) is 13.8. The molecule has 1 heterocycles. The average Bonchev–Trinajstić information content (AvgIpc) is 3.03. The number of esters is 1. The molecule has 1 N–H and O–H groups in total. The number of carbonyl (C=O) groups excluding carboxylic acids is 3. The number of nitrogens with zero attached hydrogens (tertiary/aromatic N) is 1. The van der Waals surface area contributed by atoms with Crippen molar-refractivity contribution < 1.29 is 23.9 Å². The minimum Gasteiger partial charge on any atom is -0.444 e. The largest absolute Gasteiger partial charge is 0.444 e. The van der Waals surface area contributed by atoms with Crippen LogP contribution in [0.4, 0.5) is 10.5 Å². The van der Waals surface area contributed by atoms with Crippen LogP contribution in [0.25, 0.3) is 0 Å². The van der Waals surface area contributed by atoms with E-state index in [4.69, 9.17) is 9.47 Å². The van der Waals surface area contributed by atoms with Gasteiger partial charge in [-0.25, -0.2) is 9.59 Å². The van der Waals surface area contributed by atoms with Crippen molar-refractivity contribution in [3.8, 4) is 0 Å². The predicted molar refractivity (Wildman–Crippen MR) is 110 cm³/mol. The summed E-state index contributed by atoms with van der Waals surface area (Å²) >= 11 is 2.19. The van der Waals surface area contributed by atoms with Gasteiger partial charge in [0.1, 0.15) is 12.6 Å². The molecule has 28 heavy (non-hydrogen) atoms. The molecule has 1 atom stereocenters. The minimum atomic E-state index is -1.01. The maximum atomic E-state index is 12.4. The topological polar surface area (TPSA) is 84.9 Å². The third-order valence-corrected chi connectivity index (χ3v) is 4.95. The van der Waals surface area contributed by atoms with E-state index < -0.39 is 18.1 Å². The molecule has 0 spiro atoms. The van der Waals surface area contributed by atoms with Crippen molar-refractivity contribution in [1.29, 1.82) is 0 Å². The van der Waals surface area contributed by atoms with Crippen molar-refractivity contribution in [1.82, 2.24) is 4.90 Å². The summed E-state index contributed by atoms with van der Waals surface area (Å²) in [7, 11) is 0. The highest BCUT2D eigenvalue weighted by Crippen LogP contribution is 2.20. The zero-order valence-electron chi connectivity index (χ0n) is 15.2. The first-order valence-corrected chi connectivity index (χ1v) is 9.72. The van der Waals surface area contributed by atoms with E-state index in [2.05, 4.69) is 27.9 Å². The Morgan fingerprint density at radius 3 is 2.71 bits per heavy atom. The molecule has 146 valence electrons. The standard InChI is InChI=1S/C20H19IN2O5/c1-13-9-15(21)7-8-16(13)22-18(24)10-17-19(25)28-12-23(17)20(26)27-11-14-5-3-2-4-6-14/h2-9,17H,10-12H2,1H3,(H,22,24)/t17-/m1/s1. The maximum Gasteiger partial charge on any atom is 0.413 e. The number of ether oxygens (including phenoxy) is 2. The van der Waals surface area contributed by atoms with Crippen molar-refractivity contribution in [2.75, 3.05) is 12.0 Å². The number of aryl methyl sites for hydroxylation is 1. The first-order valence-electron chi connectivity index (χ1n) is 8.64. The molecule has 0 radical (unpaired) electrons. The van der Waals surface area contributed by atoms with Gasteiger partial charge in [0.15, 0.2) is 6.73 Å². The summed E-state index contributed by atoms with van der Waals surface area (Å²) in [5, 5.41) is 2.77. The van der Waals surface area contributed by atoms with E-state index in [9.17, 15) is 14.4 Å². The number of anilines is 1. The van der Waals surface area contributed by atoms with Gasteiger partial charge in [-0.3, -0.25) is 9.69 Å². The lowest BCUT2D eigenvalue weighted by Crippen LogP contribution is -2.40. The zero-order valence-corrected chi connectivity index (χ0v) is 17.3. The Morgan fingerprint density at radius 2 is 2.00 bits per heavy atom. The Hall–Kier alpha value is -2.62. The van der Waals surface area contributed by atoms with Gasteiger partial charge in [0.2, 0.25) is 5.91 Å². The van der Waals surface area contributed by atoms with Crippen LogP contribution in [0.2, 0.25) is 0 Å². The molecule has 0 aliphatic carbocycles. The average molecular weight is 494 g/mol. The van der Waals surface area contributed by atoms with Crippen molar-refractivity contribution in [3.63, 3.8) is 0 Å². The SMILES string of the molecule is Cc1cc(I)ccc1NC(=O)C[C@@H]1C(=O)OCN1C(=O)OCc1ccccc1. The molecule has 0 bridgehead atoms. The van der Waals surface area contributed by atoms with Gasteiger partial charge in [-0.15, -0.1) is 0 Å². The molecule has 3 rings (SSSR count). The predicted octanol–water partition coefficient (Wildman–Crippen LogP) is 3.45. The summed E-state index contributed by atoms with van der Waals surface area (Å²) in [5.41, 5.74) is 2.40. The number of nitrogens with one attached hydrogen (secondary N) is 1. The normalized spacial score (nSPS) is 15.9. The summed E-state index contributed by atoms with van der Waals surface area (Å²) in [6.45, 7) is 1.73. The second-order valence-corrected chi connectivity index (χ2v) is 7.58.